The third-order valence-electron chi connectivity index (χ3n) is 1.91. The summed E-state index contributed by atoms with van der Waals surface area (Å²) in [7, 11) is 0. The fraction of sp³-hybridized carbons (Fsp3) is 0.375. The highest BCUT2D eigenvalue weighted by molar-refractivity contribution is 5.93. The average molecular weight is 163 g/mol. The first-order valence-electron chi connectivity index (χ1n) is 3.95. The predicted molar refractivity (Wildman–Crippen MR) is 42.7 cm³/mol. The second-order valence-corrected chi connectivity index (χ2v) is 2.76. The molecule has 0 unspecified atom stereocenters. The maximum Gasteiger partial charge on any atom is 0.270 e. The molecular weight excluding hydrogens is 154 g/mol. The van der Waals surface area contributed by atoms with Crippen LogP contribution < -0.4 is 5.32 Å². The fourth-order valence-electron chi connectivity index (χ4n) is 1.31. The van der Waals surface area contributed by atoms with Crippen molar-refractivity contribution in [2.24, 2.45) is 0 Å². The Morgan fingerprint density at radius 2 is 2.42 bits per heavy atom. The zero-order chi connectivity index (χ0) is 8.39. The van der Waals surface area contributed by atoms with Crippen molar-refractivity contribution in [3.63, 3.8) is 0 Å². The van der Waals surface area contributed by atoms with Crippen LogP contribution in [0.25, 0.3) is 0 Å². The summed E-state index contributed by atoms with van der Waals surface area (Å²) in [6.45, 7) is 0.731. The fourth-order valence-corrected chi connectivity index (χ4v) is 1.31. The quantitative estimate of drug-likeness (QED) is 0.592. The van der Waals surface area contributed by atoms with Crippen LogP contribution >= 0.6 is 0 Å². The van der Waals surface area contributed by atoms with Gasteiger partial charge in [-0.2, -0.15) is 0 Å². The Labute approximate surface area is 70.0 Å². The molecule has 0 atom stereocenters. The van der Waals surface area contributed by atoms with Gasteiger partial charge in [-0.3, -0.25) is 4.79 Å². The van der Waals surface area contributed by atoms with Crippen LogP contribution in [0.1, 0.15) is 22.5 Å². The molecule has 1 N–H and O–H groups in total. The van der Waals surface area contributed by atoms with E-state index >= 15 is 0 Å². The van der Waals surface area contributed by atoms with Crippen LogP contribution in [-0.2, 0) is 6.42 Å². The molecule has 1 amide bonds. The van der Waals surface area contributed by atoms with E-state index in [2.05, 4.69) is 15.3 Å². The van der Waals surface area contributed by atoms with Crippen molar-refractivity contribution in [1.82, 2.24) is 15.3 Å². The summed E-state index contributed by atoms with van der Waals surface area (Å²) >= 11 is 0. The van der Waals surface area contributed by atoms with Gasteiger partial charge in [-0.1, -0.05) is 0 Å². The van der Waals surface area contributed by atoms with Crippen molar-refractivity contribution in [3.8, 4) is 0 Å². The van der Waals surface area contributed by atoms with Gasteiger partial charge in [0.25, 0.3) is 5.91 Å². The molecule has 0 bridgehead atoms. The zero-order valence-electron chi connectivity index (χ0n) is 6.58. The molecule has 2 rings (SSSR count). The molecule has 1 aromatic rings. The van der Waals surface area contributed by atoms with Gasteiger partial charge in [-0.05, 0) is 12.8 Å². The molecule has 1 aromatic heterocycles. The minimum Gasteiger partial charge on any atom is -0.351 e. The summed E-state index contributed by atoms with van der Waals surface area (Å²) in [6, 6.07) is 0. The van der Waals surface area contributed by atoms with E-state index < -0.39 is 0 Å². The molecule has 0 spiro atoms. The monoisotopic (exact) mass is 163 g/mol. The van der Waals surface area contributed by atoms with E-state index in [1.54, 1.807) is 6.20 Å². The minimum absolute atomic E-state index is 0.0788. The zero-order valence-corrected chi connectivity index (χ0v) is 6.58. The number of fused-ring (bicyclic) bond motifs is 1. The van der Waals surface area contributed by atoms with Crippen molar-refractivity contribution in [1.29, 1.82) is 0 Å². The smallest absolute Gasteiger partial charge is 0.270 e. The van der Waals surface area contributed by atoms with Crippen molar-refractivity contribution in [2.75, 3.05) is 6.54 Å². The van der Waals surface area contributed by atoms with Gasteiger partial charge in [-0.25, -0.2) is 9.97 Å². The van der Waals surface area contributed by atoms with Gasteiger partial charge in [0.2, 0.25) is 0 Å². The van der Waals surface area contributed by atoms with Crippen LogP contribution in [0.3, 0.4) is 0 Å². The Bertz CT molecular complexity index is 311. The maximum atomic E-state index is 11.3. The van der Waals surface area contributed by atoms with Crippen LogP contribution in [0.4, 0.5) is 0 Å². The normalized spacial score (nSPS) is 16.2. The second-order valence-electron chi connectivity index (χ2n) is 2.76. The maximum absolute atomic E-state index is 11.3. The number of amides is 1. The molecule has 1 aliphatic heterocycles. The Morgan fingerprint density at radius 3 is 3.33 bits per heavy atom. The van der Waals surface area contributed by atoms with Crippen molar-refractivity contribution >= 4 is 5.91 Å². The van der Waals surface area contributed by atoms with Gasteiger partial charge in [0, 0.05) is 18.3 Å². The number of hydrogen-bond donors (Lipinski definition) is 1. The highest BCUT2D eigenvalue weighted by atomic mass is 16.1. The van der Waals surface area contributed by atoms with Crippen molar-refractivity contribution in [3.05, 3.63) is 23.8 Å². The summed E-state index contributed by atoms with van der Waals surface area (Å²) in [6.07, 6.45) is 4.97. The summed E-state index contributed by atoms with van der Waals surface area (Å²) < 4.78 is 0. The van der Waals surface area contributed by atoms with E-state index in [-0.39, 0.29) is 5.91 Å². The topological polar surface area (TPSA) is 54.9 Å². The molecule has 0 aromatic carbocycles. The Balaban J connectivity index is 2.46. The minimum atomic E-state index is -0.0788. The second kappa shape index (κ2) is 2.89. The van der Waals surface area contributed by atoms with E-state index in [0.717, 1.165) is 24.9 Å². The Kier molecular flexibility index (Phi) is 1.74. The van der Waals surface area contributed by atoms with Crippen LogP contribution in [0, 0.1) is 0 Å². The van der Waals surface area contributed by atoms with Crippen LogP contribution in [0.5, 0.6) is 0 Å². The van der Waals surface area contributed by atoms with E-state index in [9.17, 15) is 4.79 Å². The van der Waals surface area contributed by atoms with Crippen molar-refractivity contribution < 1.29 is 4.79 Å². The number of hydrogen-bond acceptors (Lipinski definition) is 3. The van der Waals surface area contributed by atoms with Crippen molar-refractivity contribution in [2.45, 2.75) is 12.8 Å². The lowest BCUT2D eigenvalue weighted by molar-refractivity contribution is 0.0951. The number of nitrogens with zero attached hydrogens (tertiary/aromatic N) is 2. The number of aryl methyl sites for hydroxylation is 1. The lowest BCUT2D eigenvalue weighted by Gasteiger charge is -1.99. The summed E-state index contributed by atoms with van der Waals surface area (Å²) in [4.78, 5) is 19.1. The lowest BCUT2D eigenvalue weighted by Crippen LogP contribution is -2.23. The van der Waals surface area contributed by atoms with Gasteiger partial charge in [0.1, 0.15) is 12.0 Å². The first-order chi connectivity index (χ1) is 5.88. The first-order valence-corrected chi connectivity index (χ1v) is 3.95. The third kappa shape index (κ3) is 1.15. The SMILES string of the molecule is O=C1NCCCc2cncnc21. The summed E-state index contributed by atoms with van der Waals surface area (Å²) in [5.74, 6) is -0.0788. The van der Waals surface area contributed by atoms with Crippen LogP contribution in [-0.4, -0.2) is 22.4 Å². The third-order valence-corrected chi connectivity index (χ3v) is 1.91. The highest BCUT2D eigenvalue weighted by Crippen LogP contribution is 2.09. The van der Waals surface area contributed by atoms with Gasteiger partial charge >= 0.3 is 0 Å². The van der Waals surface area contributed by atoms with Gasteiger partial charge in [0.15, 0.2) is 0 Å². The number of aromatic nitrogens is 2. The molecule has 0 fully saturated rings. The van der Waals surface area contributed by atoms with Crippen LogP contribution in [0.2, 0.25) is 0 Å². The van der Waals surface area contributed by atoms with E-state index in [1.807, 2.05) is 0 Å². The molecular formula is C8H9N3O. The van der Waals surface area contributed by atoms with Gasteiger partial charge < -0.3 is 5.32 Å². The average Bonchev–Trinajstić information content (AvgIpc) is 2.29. The van der Waals surface area contributed by atoms with E-state index in [0.29, 0.717) is 5.69 Å². The lowest BCUT2D eigenvalue weighted by atomic mass is 10.1. The van der Waals surface area contributed by atoms with Crippen LogP contribution in [0.15, 0.2) is 12.5 Å². The molecule has 4 nitrogen and oxygen atoms in total. The molecule has 0 radical (unpaired) electrons. The number of carbonyl (C=O) groups is 1. The molecule has 4 heteroatoms. The highest BCUT2D eigenvalue weighted by Gasteiger charge is 2.15. The molecule has 12 heavy (non-hydrogen) atoms. The predicted octanol–water partition coefficient (Wildman–Crippen LogP) is 0.153. The van der Waals surface area contributed by atoms with E-state index in [1.165, 1.54) is 6.33 Å². The number of nitrogens with one attached hydrogen (secondary N) is 1. The van der Waals surface area contributed by atoms with Gasteiger partial charge in [0.05, 0.1) is 0 Å². The standard InChI is InChI=1S/C8H9N3O/c12-8-7-6(2-1-3-10-8)4-9-5-11-7/h4-5H,1-3H2,(H,10,12). The van der Waals surface area contributed by atoms with Gasteiger partial charge in [-0.15, -0.1) is 0 Å². The molecule has 0 aliphatic carbocycles. The summed E-state index contributed by atoms with van der Waals surface area (Å²) in [5.41, 5.74) is 1.48. The molecule has 62 valence electrons. The molecule has 1 aliphatic rings. The molecule has 0 saturated carbocycles. The molecule has 2 heterocycles. The van der Waals surface area contributed by atoms with E-state index in [4.69, 9.17) is 0 Å². The Hall–Kier alpha value is -1.45. The Morgan fingerprint density at radius 1 is 1.50 bits per heavy atom. The largest absolute Gasteiger partial charge is 0.351 e. The summed E-state index contributed by atoms with van der Waals surface area (Å²) in [5, 5.41) is 2.77. The number of rotatable bonds is 0. The first kappa shape index (κ1) is 7.21. The number of carbonyl (C=O) groups excluding carboxylic acids is 1. The molecule has 0 saturated heterocycles.